The summed E-state index contributed by atoms with van der Waals surface area (Å²) in [5.74, 6) is -1.30. The van der Waals surface area contributed by atoms with Gasteiger partial charge in [0.25, 0.3) is 5.78 Å². The molecule has 1 aromatic carbocycles. The van der Waals surface area contributed by atoms with Crippen LogP contribution in [0.5, 0.6) is 5.75 Å². The van der Waals surface area contributed by atoms with Gasteiger partial charge in [0.15, 0.2) is 0 Å². The third-order valence-corrected chi connectivity index (χ3v) is 6.48. The third kappa shape index (κ3) is 3.95. The van der Waals surface area contributed by atoms with Gasteiger partial charge in [-0.05, 0) is 31.8 Å². The van der Waals surface area contributed by atoms with Crippen LogP contribution in [0.2, 0.25) is 5.15 Å². The predicted octanol–water partition coefficient (Wildman–Crippen LogP) is 3.93. The lowest BCUT2D eigenvalue weighted by atomic mass is 10.1. The molecule has 0 spiro atoms. The smallest absolute Gasteiger partial charge is 0.408 e. The summed E-state index contributed by atoms with van der Waals surface area (Å²) in [6.45, 7) is 3.00. The number of fused-ring (bicyclic) bond motifs is 2. The summed E-state index contributed by atoms with van der Waals surface area (Å²) in [4.78, 5) is 7.71. The lowest BCUT2D eigenvalue weighted by Crippen LogP contribution is -2.34. The fraction of sp³-hybridized carbons (Fsp3) is 0.450. The molecule has 176 valence electrons. The Morgan fingerprint density at radius 2 is 1.88 bits per heavy atom. The fourth-order valence-corrected chi connectivity index (χ4v) is 4.58. The predicted molar refractivity (Wildman–Crippen MR) is 109 cm³/mol. The summed E-state index contributed by atoms with van der Waals surface area (Å²) >= 11 is 6.16. The van der Waals surface area contributed by atoms with E-state index in [2.05, 4.69) is 25.7 Å². The van der Waals surface area contributed by atoms with E-state index in [-0.39, 0.29) is 11.5 Å². The SMILES string of the molecule is C[C@H](Nc1c(-c2c(F)cc(OCC3[C@H]4CNC[C@@H]34)cc2F)c(Cl)nc2ncnn12)C(F)(F)F. The quantitative estimate of drug-likeness (QED) is 0.404. The third-order valence-electron chi connectivity index (χ3n) is 6.20. The Hall–Kier alpha value is -2.73. The number of ether oxygens (including phenoxy) is 1. The molecule has 4 atom stereocenters. The van der Waals surface area contributed by atoms with Crippen molar-refractivity contribution in [3.05, 3.63) is 35.2 Å². The fourth-order valence-electron chi connectivity index (χ4n) is 4.32. The molecule has 13 heteroatoms. The lowest BCUT2D eigenvalue weighted by molar-refractivity contribution is -0.138. The minimum Gasteiger partial charge on any atom is -0.493 e. The van der Waals surface area contributed by atoms with E-state index in [0.717, 1.165) is 43.0 Å². The molecular formula is C20H18ClF5N6O. The number of benzene rings is 1. The van der Waals surface area contributed by atoms with Gasteiger partial charge in [0.2, 0.25) is 0 Å². The molecule has 2 N–H and O–H groups in total. The maximum absolute atomic E-state index is 15.1. The minimum absolute atomic E-state index is 0.0178. The van der Waals surface area contributed by atoms with Crippen molar-refractivity contribution >= 4 is 23.2 Å². The molecule has 1 aliphatic heterocycles. The molecule has 1 aliphatic carbocycles. The van der Waals surface area contributed by atoms with Gasteiger partial charge in [-0.3, -0.25) is 0 Å². The average molecular weight is 489 g/mol. The van der Waals surface area contributed by atoms with Crippen LogP contribution in [0.4, 0.5) is 27.8 Å². The molecule has 1 saturated heterocycles. The van der Waals surface area contributed by atoms with E-state index in [0.29, 0.717) is 24.4 Å². The van der Waals surface area contributed by atoms with Gasteiger partial charge in [0.1, 0.15) is 40.7 Å². The largest absolute Gasteiger partial charge is 0.493 e. The van der Waals surface area contributed by atoms with Gasteiger partial charge in [-0.25, -0.2) is 8.78 Å². The molecule has 7 nitrogen and oxygen atoms in total. The van der Waals surface area contributed by atoms with Crippen molar-refractivity contribution in [3.8, 4) is 16.9 Å². The molecule has 1 unspecified atom stereocenters. The summed E-state index contributed by atoms with van der Waals surface area (Å²) in [5.41, 5.74) is -1.06. The van der Waals surface area contributed by atoms with E-state index in [1.807, 2.05) is 0 Å². The number of anilines is 1. The van der Waals surface area contributed by atoms with E-state index in [1.165, 1.54) is 0 Å². The Morgan fingerprint density at radius 3 is 2.52 bits per heavy atom. The maximum atomic E-state index is 15.1. The standard InChI is InChI=1S/C20H18ClF5N6O/c1-8(20(24,25)26)30-18-16(17(21)31-19-28-7-29-32(18)19)15-13(22)2-9(3-14(15)23)33-6-12-10-4-27-5-11(10)12/h2-3,7-8,10-12,27,30H,4-6H2,1H3/t8-,10-,11+,12?/m0/s1. The van der Waals surface area contributed by atoms with Gasteiger partial charge in [-0.15, -0.1) is 0 Å². The summed E-state index contributed by atoms with van der Waals surface area (Å²) in [6, 6.07) is -0.121. The number of piperidine rings is 1. The number of aromatic nitrogens is 4. The van der Waals surface area contributed by atoms with Crippen LogP contribution >= 0.6 is 11.6 Å². The van der Waals surface area contributed by atoms with Gasteiger partial charge < -0.3 is 15.4 Å². The second kappa shape index (κ2) is 7.94. The zero-order valence-corrected chi connectivity index (χ0v) is 17.9. The van der Waals surface area contributed by atoms with Crippen LogP contribution in [0.1, 0.15) is 6.92 Å². The first-order valence-electron chi connectivity index (χ1n) is 10.2. The van der Waals surface area contributed by atoms with E-state index < -0.39 is 46.0 Å². The first-order valence-corrected chi connectivity index (χ1v) is 10.6. The van der Waals surface area contributed by atoms with Crippen LogP contribution in [0.25, 0.3) is 16.9 Å². The molecule has 0 bridgehead atoms. The number of hydrogen-bond acceptors (Lipinski definition) is 6. The maximum Gasteiger partial charge on any atom is 0.408 e. The highest BCUT2D eigenvalue weighted by Gasteiger charge is 2.53. The first-order chi connectivity index (χ1) is 15.6. The van der Waals surface area contributed by atoms with Crippen LogP contribution in [0, 0.1) is 29.4 Å². The van der Waals surface area contributed by atoms with Gasteiger partial charge in [-0.2, -0.15) is 32.8 Å². The topological polar surface area (TPSA) is 76.4 Å². The number of rotatable bonds is 6. The Morgan fingerprint density at radius 1 is 1.21 bits per heavy atom. The molecule has 0 radical (unpaired) electrons. The molecule has 3 aromatic rings. The van der Waals surface area contributed by atoms with Crippen molar-refractivity contribution in [1.82, 2.24) is 24.9 Å². The van der Waals surface area contributed by atoms with Crippen LogP contribution in [0.3, 0.4) is 0 Å². The van der Waals surface area contributed by atoms with Crippen molar-refractivity contribution in [2.24, 2.45) is 17.8 Å². The summed E-state index contributed by atoms with van der Waals surface area (Å²) in [6.07, 6.45) is -3.61. The molecule has 33 heavy (non-hydrogen) atoms. The monoisotopic (exact) mass is 488 g/mol. The van der Waals surface area contributed by atoms with Gasteiger partial charge in [0.05, 0.1) is 17.7 Å². The molecule has 2 fully saturated rings. The number of nitrogens with one attached hydrogen (secondary N) is 2. The normalized spacial score (nSPS) is 22.9. The minimum atomic E-state index is -4.65. The van der Waals surface area contributed by atoms with Crippen molar-refractivity contribution in [1.29, 1.82) is 0 Å². The van der Waals surface area contributed by atoms with Crippen LogP contribution in [0.15, 0.2) is 18.5 Å². The van der Waals surface area contributed by atoms with Crippen LogP contribution in [-0.2, 0) is 0 Å². The summed E-state index contributed by atoms with van der Waals surface area (Å²) in [7, 11) is 0. The van der Waals surface area contributed by atoms with E-state index in [4.69, 9.17) is 16.3 Å². The van der Waals surface area contributed by atoms with Crippen LogP contribution < -0.4 is 15.4 Å². The number of alkyl halides is 3. The van der Waals surface area contributed by atoms with Gasteiger partial charge in [-0.1, -0.05) is 11.6 Å². The Balaban J connectivity index is 1.51. The van der Waals surface area contributed by atoms with Crippen molar-refractivity contribution in [3.63, 3.8) is 0 Å². The average Bonchev–Trinajstić information content (AvgIpc) is 3.09. The second-order valence-electron chi connectivity index (χ2n) is 8.23. The highest BCUT2D eigenvalue weighted by atomic mass is 35.5. The molecule has 3 heterocycles. The zero-order valence-electron chi connectivity index (χ0n) is 17.1. The Kier molecular flexibility index (Phi) is 5.31. The van der Waals surface area contributed by atoms with E-state index >= 15 is 8.78 Å². The van der Waals surface area contributed by atoms with Crippen molar-refractivity contribution < 1.29 is 26.7 Å². The van der Waals surface area contributed by atoms with Crippen molar-refractivity contribution in [2.75, 3.05) is 25.0 Å². The first kappa shape index (κ1) is 22.1. The molecule has 2 aromatic heterocycles. The summed E-state index contributed by atoms with van der Waals surface area (Å²) in [5, 5.41) is 8.84. The Bertz CT molecular complexity index is 1180. The van der Waals surface area contributed by atoms with Gasteiger partial charge in [0, 0.05) is 18.1 Å². The zero-order chi connectivity index (χ0) is 23.5. The highest BCUT2D eigenvalue weighted by Crippen LogP contribution is 2.48. The number of halogens is 6. The molecule has 0 amide bonds. The molecule has 1 saturated carbocycles. The Labute approximate surface area is 189 Å². The molecule has 2 aliphatic rings. The number of hydrogen-bond donors (Lipinski definition) is 2. The van der Waals surface area contributed by atoms with E-state index in [9.17, 15) is 13.2 Å². The lowest BCUT2D eigenvalue weighted by Gasteiger charge is -2.21. The molecular weight excluding hydrogens is 471 g/mol. The number of nitrogens with zero attached hydrogens (tertiary/aromatic N) is 4. The van der Waals surface area contributed by atoms with Gasteiger partial charge >= 0.3 is 6.18 Å². The van der Waals surface area contributed by atoms with Crippen molar-refractivity contribution in [2.45, 2.75) is 19.1 Å². The van der Waals surface area contributed by atoms with E-state index in [1.54, 1.807) is 0 Å². The summed E-state index contributed by atoms with van der Waals surface area (Å²) < 4.78 is 76.4. The highest BCUT2D eigenvalue weighted by molar-refractivity contribution is 6.33. The molecule has 5 rings (SSSR count). The van der Waals surface area contributed by atoms with Crippen LogP contribution in [-0.4, -0.2) is 51.5 Å². The second-order valence-corrected chi connectivity index (χ2v) is 8.59.